The van der Waals surface area contributed by atoms with Gasteiger partial charge in [0.15, 0.2) is 0 Å². The molecule has 0 saturated carbocycles. The van der Waals surface area contributed by atoms with Gasteiger partial charge in [0.2, 0.25) is 0 Å². The van der Waals surface area contributed by atoms with Gasteiger partial charge in [0.25, 0.3) is 0 Å². The van der Waals surface area contributed by atoms with Crippen molar-refractivity contribution in [1.29, 1.82) is 0 Å². The van der Waals surface area contributed by atoms with Crippen molar-refractivity contribution in [3.8, 4) is 5.75 Å². The Labute approximate surface area is 96.1 Å². The molecule has 88 valence electrons. The van der Waals surface area contributed by atoms with E-state index in [0.717, 1.165) is 0 Å². The van der Waals surface area contributed by atoms with Crippen LogP contribution in [-0.2, 0) is 8.53 Å². The first-order valence-corrected chi connectivity index (χ1v) is 8.67. The third kappa shape index (κ3) is 2.90. The Morgan fingerprint density at radius 1 is 1.50 bits per heavy atom. The van der Waals surface area contributed by atoms with Crippen LogP contribution in [0, 0.1) is 0 Å². The number of anilines is 1. The third-order valence-electron chi connectivity index (χ3n) is 2.12. The van der Waals surface area contributed by atoms with Crippen LogP contribution in [0.5, 0.6) is 5.75 Å². The van der Waals surface area contributed by atoms with Crippen LogP contribution in [0.2, 0.25) is 5.21 Å². The maximum atomic E-state index is 11.8. The van der Waals surface area contributed by atoms with Crippen molar-refractivity contribution in [2.45, 2.75) is 19.1 Å². The van der Waals surface area contributed by atoms with Gasteiger partial charge < -0.3 is 0 Å². The first-order valence-electron chi connectivity index (χ1n) is 4.80. The number of hydrogen-bond donors (Lipinski definition) is 3. The monoisotopic (exact) mass is 287 g/mol. The Kier molecular flexibility index (Phi) is 3.83. The summed E-state index contributed by atoms with van der Waals surface area (Å²) in [6.07, 6.45) is 0. The number of aromatic hydroxyl groups is 1. The summed E-state index contributed by atoms with van der Waals surface area (Å²) in [5.41, 5.74) is 0.161. The molecule has 0 radical (unpaired) electrons. The molecule has 0 bridgehead atoms. The van der Waals surface area contributed by atoms with Crippen LogP contribution < -0.4 is 9.67 Å². The van der Waals surface area contributed by atoms with Crippen LogP contribution in [0.15, 0.2) is 18.2 Å². The average Bonchev–Trinajstić information content (AvgIpc) is 2.20. The van der Waals surface area contributed by atoms with Gasteiger partial charge in [-0.15, -0.1) is 0 Å². The number of amides is 1. The molecule has 0 aliphatic heterocycles. The molecule has 1 amide bonds. The molecule has 1 unspecified atom stereocenters. The number of phenolic OH excluding ortho intramolecular Hbond substituents is 1. The van der Waals surface area contributed by atoms with E-state index in [1.54, 1.807) is 6.92 Å². The Hall–Kier alpha value is -1.19. The summed E-state index contributed by atoms with van der Waals surface area (Å²) in [6.45, 7) is 2.93. The third-order valence-corrected chi connectivity index (χ3v) is 6.20. The van der Waals surface area contributed by atoms with Crippen LogP contribution >= 0.6 is 0 Å². The molecule has 16 heavy (non-hydrogen) atoms. The quantitative estimate of drug-likeness (QED) is 0.556. The number of nitrogens with one attached hydrogen (secondary N) is 1. The summed E-state index contributed by atoms with van der Waals surface area (Å²) in [6, 6.07) is 4.06. The minimum absolute atomic E-state index is 0.120. The molecule has 0 aromatic heterocycles. The predicted molar refractivity (Wildman–Crippen MR) is 61.2 cm³/mol. The van der Waals surface area contributed by atoms with E-state index in [2.05, 4.69) is 5.32 Å². The number of benzene rings is 1. The van der Waals surface area contributed by atoms with Gasteiger partial charge in [0.1, 0.15) is 0 Å². The van der Waals surface area contributed by atoms with E-state index < -0.39 is 13.8 Å². The molecule has 5 nitrogen and oxygen atoms in total. The molecular weight excluding hydrogens is 273 g/mol. The molecule has 0 spiro atoms. The van der Waals surface area contributed by atoms with E-state index in [0.29, 0.717) is 0 Å². The summed E-state index contributed by atoms with van der Waals surface area (Å²) in [4.78, 5) is 10.8. The SMILES string of the molecule is CC[As](=O)(O)c1ccc(O)c(NC(C)=O)c1. The van der Waals surface area contributed by atoms with Gasteiger partial charge in [0.05, 0.1) is 0 Å². The van der Waals surface area contributed by atoms with E-state index in [1.165, 1.54) is 25.1 Å². The topological polar surface area (TPSA) is 86.6 Å². The molecule has 0 aliphatic carbocycles. The number of rotatable bonds is 3. The maximum absolute atomic E-state index is 11.8. The molecule has 3 N–H and O–H groups in total. The van der Waals surface area contributed by atoms with E-state index in [9.17, 15) is 17.7 Å². The van der Waals surface area contributed by atoms with Crippen molar-refractivity contribution in [2.24, 2.45) is 0 Å². The van der Waals surface area contributed by atoms with Crippen LogP contribution in [0.1, 0.15) is 13.8 Å². The van der Waals surface area contributed by atoms with Crippen molar-refractivity contribution in [2.75, 3.05) is 5.32 Å². The van der Waals surface area contributed by atoms with Gasteiger partial charge in [-0.1, -0.05) is 0 Å². The number of carbonyl (C=O) groups excluding carboxylic acids is 1. The zero-order valence-corrected chi connectivity index (χ0v) is 11.0. The molecule has 1 aromatic carbocycles. The fourth-order valence-corrected chi connectivity index (χ4v) is 3.32. The van der Waals surface area contributed by atoms with Crippen molar-refractivity contribution in [3.05, 3.63) is 18.2 Å². The molecule has 1 atom stereocenters. The number of phenols is 1. The van der Waals surface area contributed by atoms with E-state index in [-0.39, 0.29) is 26.9 Å². The normalized spacial score (nSPS) is 14.2. The molecule has 0 aliphatic rings. The Balaban J connectivity index is 3.17. The summed E-state index contributed by atoms with van der Waals surface area (Å²) in [7, 11) is 0. The van der Waals surface area contributed by atoms with Crippen molar-refractivity contribution >= 4 is 29.8 Å². The van der Waals surface area contributed by atoms with E-state index >= 15 is 0 Å². The fraction of sp³-hybridized carbons (Fsp3) is 0.300. The Morgan fingerprint density at radius 2 is 2.12 bits per heavy atom. The van der Waals surface area contributed by atoms with Crippen molar-refractivity contribution in [1.82, 2.24) is 0 Å². The molecule has 0 fully saturated rings. The fourth-order valence-electron chi connectivity index (χ4n) is 1.21. The molecule has 0 heterocycles. The van der Waals surface area contributed by atoms with Gasteiger partial charge in [-0.2, -0.15) is 0 Å². The van der Waals surface area contributed by atoms with Crippen LogP contribution in [0.3, 0.4) is 0 Å². The summed E-state index contributed by atoms with van der Waals surface area (Å²) < 4.78 is 21.7. The second-order valence-electron chi connectivity index (χ2n) is 3.40. The molecule has 0 saturated heterocycles. The van der Waals surface area contributed by atoms with Crippen LogP contribution in [-0.4, -0.2) is 28.9 Å². The summed E-state index contributed by atoms with van der Waals surface area (Å²) >= 11 is -4.02. The van der Waals surface area contributed by atoms with Gasteiger partial charge in [-0.05, 0) is 0 Å². The first-order chi connectivity index (χ1) is 7.36. The molecule has 6 heteroatoms. The minimum atomic E-state index is -4.02. The Bertz CT molecular complexity index is 458. The second kappa shape index (κ2) is 4.76. The average molecular weight is 287 g/mol. The molecular formula is C10H14AsNO4. The van der Waals surface area contributed by atoms with Crippen molar-refractivity contribution in [3.63, 3.8) is 0 Å². The van der Waals surface area contributed by atoms with E-state index in [4.69, 9.17) is 0 Å². The predicted octanol–water partition coefficient (Wildman–Crippen LogP) is 0.442. The van der Waals surface area contributed by atoms with Gasteiger partial charge in [0, 0.05) is 0 Å². The van der Waals surface area contributed by atoms with Gasteiger partial charge in [-0.25, -0.2) is 0 Å². The summed E-state index contributed by atoms with van der Waals surface area (Å²) in [5, 5.41) is 12.0. The number of carbonyl (C=O) groups is 1. The van der Waals surface area contributed by atoms with Crippen LogP contribution in [0.4, 0.5) is 5.69 Å². The Morgan fingerprint density at radius 3 is 2.62 bits per heavy atom. The zero-order valence-electron chi connectivity index (χ0n) is 9.10. The van der Waals surface area contributed by atoms with Crippen molar-refractivity contribution < 1.29 is 17.7 Å². The first kappa shape index (κ1) is 12.9. The molecule has 1 aromatic rings. The summed E-state index contributed by atoms with van der Waals surface area (Å²) in [5.74, 6) is -0.463. The van der Waals surface area contributed by atoms with Gasteiger partial charge in [-0.3, -0.25) is 0 Å². The number of hydrogen-bond acceptors (Lipinski definition) is 3. The second-order valence-corrected chi connectivity index (χ2v) is 8.75. The molecule has 1 rings (SSSR count). The zero-order chi connectivity index (χ0) is 12.3. The standard InChI is InChI=1S/C10H14AsNO4/c1-3-11(15,16)8-4-5-10(14)9(6-8)12-7(2)13/h4-6,14H,3H2,1-2H3,(H,12,13)(H,15,16). The van der Waals surface area contributed by atoms with Gasteiger partial charge >= 0.3 is 95.8 Å². The van der Waals surface area contributed by atoms with Crippen LogP contribution in [0.25, 0.3) is 0 Å². The van der Waals surface area contributed by atoms with E-state index in [1.807, 2.05) is 0 Å².